The van der Waals surface area contributed by atoms with Crippen LogP contribution in [0.15, 0.2) is 6.20 Å². The van der Waals surface area contributed by atoms with Gasteiger partial charge >= 0.3 is 0 Å². The van der Waals surface area contributed by atoms with Crippen molar-refractivity contribution in [2.45, 2.75) is 18.9 Å². The van der Waals surface area contributed by atoms with E-state index in [0.29, 0.717) is 10.1 Å². The van der Waals surface area contributed by atoms with Gasteiger partial charge < -0.3 is 15.2 Å². The maximum atomic E-state index is 10.8. The second-order valence-corrected chi connectivity index (χ2v) is 4.28. The Morgan fingerprint density at radius 2 is 2.33 bits per heavy atom. The predicted octanol–water partition coefficient (Wildman–Crippen LogP) is 0.800. The summed E-state index contributed by atoms with van der Waals surface area (Å²) in [6.07, 6.45) is 3.32. The van der Waals surface area contributed by atoms with E-state index in [1.54, 1.807) is 0 Å². The van der Waals surface area contributed by atoms with Crippen LogP contribution in [-0.4, -0.2) is 30.2 Å². The Labute approximate surface area is 91.2 Å². The summed E-state index contributed by atoms with van der Waals surface area (Å²) < 4.78 is 10.8. The van der Waals surface area contributed by atoms with E-state index in [1.165, 1.54) is 17.5 Å². The zero-order valence-electron chi connectivity index (χ0n) is 8.14. The highest BCUT2D eigenvalue weighted by Gasteiger charge is 2.17. The van der Waals surface area contributed by atoms with Crippen LogP contribution in [0.1, 0.15) is 22.5 Å². The highest BCUT2D eigenvalue weighted by Crippen LogP contribution is 2.23. The van der Waals surface area contributed by atoms with Gasteiger partial charge in [-0.05, 0) is 0 Å². The van der Waals surface area contributed by atoms with Crippen LogP contribution in [-0.2, 0) is 4.74 Å². The Kier molecular flexibility index (Phi) is 3.17. The van der Waals surface area contributed by atoms with Gasteiger partial charge in [-0.1, -0.05) is 11.3 Å². The lowest BCUT2D eigenvalue weighted by Gasteiger charge is -2.21. The van der Waals surface area contributed by atoms with Crippen LogP contribution in [0.5, 0.6) is 5.19 Å². The van der Waals surface area contributed by atoms with Crippen molar-refractivity contribution < 1.29 is 14.3 Å². The van der Waals surface area contributed by atoms with Gasteiger partial charge in [0.05, 0.1) is 19.4 Å². The molecule has 1 saturated heterocycles. The lowest BCUT2D eigenvalue weighted by atomic mass is 10.2. The molecule has 15 heavy (non-hydrogen) atoms. The molecule has 1 aromatic rings. The number of thiazole rings is 1. The van der Waals surface area contributed by atoms with Crippen molar-refractivity contribution in [1.29, 1.82) is 0 Å². The Hall–Kier alpha value is -1.14. The van der Waals surface area contributed by atoms with E-state index >= 15 is 0 Å². The molecular weight excluding hydrogens is 216 g/mol. The number of hydrogen-bond acceptors (Lipinski definition) is 5. The summed E-state index contributed by atoms with van der Waals surface area (Å²) in [5.74, 6) is -0.464. The summed E-state index contributed by atoms with van der Waals surface area (Å²) in [7, 11) is 0. The molecule has 2 rings (SSSR count). The number of aromatic nitrogens is 1. The first-order valence-corrected chi connectivity index (χ1v) is 5.57. The Balaban J connectivity index is 1.94. The third-order valence-corrected chi connectivity index (χ3v) is 3.07. The van der Waals surface area contributed by atoms with Crippen molar-refractivity contribution in [2.24, 2.45) is 5.73 Å². The molecule has 2 heterocycles. The molecule has 0 radical (unpaired) electrons. The fourth-order valence-electron chi connectivity index (χ4n) is 1.36. The SMILES string of the molecule is NC(=O)c1cnc(OC2CCOCC2)s1. The first kappa shape index (κ1) is 10.4. The van der Waals surface area contributed by atoms with E-state index < -0.39 is 5.91 Å². The number of carbonyl (C=O) groups is 1. The number of hydrogen-bond donors (Lipinski definition) is 1. The molecule has 5 nitrogen and oxygen atoms in total. The minimum absolute atomic E-state index is 0.144. The Bertz CT molecular complexity index is 347. The number of rotatable bonds is 3. The molecule has 6 heteroatoms. The van der Waals surface area contributed by atoms with Gasteiger partial charge in [0.2, 0.25) is 0 Å². The molecule has 1 aliphatic rings. The van der Waals surface area contributed by atoms with Crippen molar-refractivity contribution in [3.05, 3.63) is 11.1 Å². The number of nitrogens with zero attached hydrogens (tertiary/aromatic N) is 1. The average molecular weight is 228 g/mol. The minimum Gasteiger partial charge on any atom is -0.467 e. The Morgan fingerprint density at radius 3 is 2.93 bits per heavy atom. The van der Waals surface area contributed by atoms with E-state index in [1.807, 2.05) is 0 Å². The van der Waals surface area contributed by atoms with Crippen LogP contribution in [0.25, 0.3) is 0 Å². The van der Waals surface area contributed by atoms with Crippen molar-refractivity contribution >= 4 is 17.2 Å². The van der Waals surface area contributed by atoms with Crippen molar-refractivity contribution in [2.75, 3.05) is 13.2 Å². The maximum Gasteiger partial charge on any atom is 0.274 e. The molecular formula is C9H12N2O3S. The molecule has 0 aliphatic carbocycles. The zero-order valence-corrected chi connectivity index (χ0v) is 8.96. The van der Waals surface area contributed by atoms with Gasteiger partial charge in [0.1, 0.15) is 11.0 Å². The smallest absolute Gasteiger partial charge is 0.274 e. The molecule has 0 spiro atoms. The largest absolute Gasteiger partial charge is 0.467 e. The summed E-state index contributed by atoms with van der Waals surface area (Å²) in [4.78, 5) is 15.2. The van der Waals surface area contributed by atoms with Crippen molar-refractivity contribution in [3.8, 4) is 5.19 Å². The molecule has 2 N–H and O–H groups in total. The van der Waals surface area contributed by atoms with Crippen LogP contribution in [0.2, 0.25) is 0 Å². The minimum atomic E-state index is -0.464. The summed E-state index contributed by atoms with van der Waals surface area (Å²) >= 11 is 1.19. The first-order valence-electron chi connectivity index (χ1n) is 4.76. The molecule has 0 bridgehead atoms. The maximum absolute atomic E-state index is 10.8. The Morgan fingerprint density at radius 1 is 1.60 bits per heavy atom. The van der Waals surface area contributed by atoms with Crippen LogP contribution in [0.4, 0.5) is 0 Å². The van der Waals surface area contributed by atoms with Gasteiger partial charge in [0.25, 0.3) is 11.1 Å². The highest BCUT2D eigenvalue weighted by atomic mass is 32.1. The molecule has 1 amide bonds. The second kappa shape index (κ2) is 4.59. The van der Waals surface area contributed by atoms with E-state index in [9.17, 15) is 4.79 Å². The number of amides is 1. The summed E-state index contributed by atoms with van der Waals surface area (Å²) in [6.45, 7) is 1.44. The molecule has 82 valence electrons. The number of carbonyl (C=O) groups excluding carboxylic acids is 1. The van der Waals surface area contributed by atoms with E-state index in [0.717, 1.165) is 26.1 Å². The molecule has 1 aliphatic heterocycles. The first-order chi connectivity index (χ1) is 7.25. The van der Waals surface area contributed by atoms with Crippen molar-refractivity contribution in [1.82, 2.24) is 4.98 Å². The standard InChI is InChI=1S/C9H12N2O3S/c10-8(12)7-5-11-9(15-7)14-6-1-3-13-4-2-6/h5-6H,1-4H2,(H2,10,12). The van der Waals surface area contributed by atoms with Gasteiger partial charge in [0.15, 0.2) is 0 Å². The van der Waals surface area contributed by atoms with E-state index in [4.69, 9.17) is 15.2 Å². The second-order valence-electron chi connectivity index (χ2n) is 3.28. The fourth-order valence-corrected chi connectivity index (χ4v) is 2.05. The topological polar surface area (TPSA) is 74.4 Å². The summed E-state index contributed by atoms with van der Waals surface area (Å²) in [6, 6.07) is 0. The third-order valence-electron chi connectivity index (χ3n) is 2.16. The van der Waals surface area contributed by atoms with Crippen LogP contribution < -0.4 is 10.5 Å². The van der Waals surface area contributed by atoms with E-state index in [2.05, 4.69) is 4.98 Å². The molecule has 1 aromatic heterocycles. The predicted molar refractivity (Wildman–Crippen MR) is 55.1 cm³/mol. The molecule has 1 fully saturated rings. The number of ether oxygens (including phenoxy) is 2. The van der Waals surface area contributed by atoms with Gasteiger partial charge in [-0.15, -0.1) is 0 Å². The van der Waals surface area contributed by atoms with E-state index in [-0.39, 0.29) is 6.10 Å². The van der Waals surface area contributed by atoms with Crippen molar-refractivity contribution in [3.63, 3.8) is 0 Å². The fraction of sp³-hybridized carbons (Fsp3) is 0.556. The normalized spacial score (nSPS) is 17.6. The zero-order chi connectivity index (χ0) is 10.7. The van der Waals surface area contributed by atoms with Crippen LogP contribution in [0, 0.1) is 0 Å². The summed E-state index contributed by atoms with van der Waals surface area (Å²) in [5, 5.41) is 0.510. The number of primary amides is 1. The molecule has 0 aromatic carbocycles. The van der Waals surface area contributed by atoms with Gasteiger partial charge in [-0.2, -0.15) is 0 Å². The van der Waals surface area contributed by atoms with Crippen LogP contribution >= 0.6 is 11.3 Å². The van der Waals surface area contributed by atoms with Crippen LogP contribution in [0.3, 0.4) is 0 Å². The lowest BCUT2D eigenvalue weighted by molar-refractivity contribution is 0.0255. The van der Waals surface area contributed by atoms with Gasteiger partial charge in [-0.25, -0.2) is 4.98 Å². The monoisotopic (exact) mass is 228 g/mol. The highest BCUT2D eigenvalue weighted by molar-refractivity contribution is 7.15. The molecule has 0 unspecified atom stereocenters. The number of nitrogens with two attached hydrogens (primary N) is 1. The van der Waals surface area contributed by atoms with Gasteiger partial charge in [-0.3, -0.25) is 4.79 Å². The average Bonchev–Trinajstić information content (AvgIpc) is 2.68. The third kappa shape index (κ3) is 2.66. The van der Waals surface area contributed by atoms with Gasteiger partial charge in [0, 0.05) is 12.8 Å². The molecule has 0 saturated carbocycles. The molecule has 0 atom stereocenters. The lowest BCUT2D eigenvalue weighted by Crippen LogP contribution is -2.25. The quantitative estimate of drug-likeness (QED) is 0.830. The summed E-state index contributed by atoms with van der Waals surface area (Å²) in [5.41, 5.74) is 5.12.